The monoisotopic (exact) mass is 428 g/mol. The minimum Gasteiger partial charge on any atom is -0.323 e. The summed E-state index contributed by atoms with van der Waals surface area (Å²) < 4.78 is 0.932. The van der Waals surface area contributed by atoms with Crippen molar-refractivity contribution < 1.29 is 14.4 Å². The molecule has 27 heavy (non-hydrogen) atoms. The molecule has 1 heterocycles. The zero-order valence-electron chi connectivity index (χ0n) is 15.1. The summed E-state index contributed by atoms with van der Waals surface area (Å²) >= 11 is 3.35. The van der Waals surface area contributed by atoms with Gasteiger partial charge in [0.1, 0.15) is 5.54 Å². The van der Waals surface area contributed by atoms with Gasteiger partial charge in [0.05, 0.1) is 6.54 Å². The standard InChI is InChI=1S/C21H21BrN2O3/c1-21(12-11-15-5-3-2-4-6-15)19(26)24(20(27)23-21)14-18(25)13-16-7-9-17(22)10-8-16/h2-10H,11-14H2,1H3,(H,23,27). The normalized spacial score (nSPS) is 19.3. The number of halogens is 1. The highest BCUT2D eigenvalue weighted by atomic mass is 79.9. The summed E-state index contributed by atoms with van der Waals surface area (Å²) in [5.74, 6) is -0.513. The molecular formula is C21H21BrN2O3. The van der Waals surface area contributed by atoms with Gasteiger partial charge in [0.15, 0.2) is 5.78 Å². The number of urea groups is 1. The van der Waals surface area contributed by atoms with Crippen LogP contribution in [0.3, 0.4) is 0 Å². The number of carbonyl (C=O) groups is 3. The lowest BCUT2D eigenvalue weighted by Gasteiger charge is -2.21. The summed E-state index contributed by atoms with van der Waals surface area (Å²) in [6, 6.07) is 16.7. The lowest BCUT2D eigenvalue weighted by atomic mass is 9.93. The molecule has 1 atom stereocenters. The first-order valence-electron chi connectivity index (χ1n) is 8.81. The molecule has 1 fully saturated rings. The van der Waals surface area contributed by atoms with Crippen molar-refractivity contribution in [2.75, 3.05) is 6.54 Å². The molecule has 0 bridgehead atoms. The molecule has 3 amide bonds. The third-order valence-corrected chi connectivity index (χ3v) is 5.28. The maximum Gasteiger partial charge on any atom is 0.325 e. The Hall–Kier alpha value is -2.47. The molecule has 1 aliphatic heterocycles. The Kier molecular flexibility index (Phi) is 5.75. The van der Waals surface area contributed by atoms with Crippen LogP contribution < -0.4 is 5.32 Å². The molecule has 5 nitrogen and oxygen atoms in total. The molecule has 2 aromatic rings. The van der Waals surface area contributed by atoms with E-state index in [0.29, 0.717) is 12.8 Å². The average molecular weight is 429 g/mol. The van der Waals surface area contributed by atoms with Crippen LogP contribution >= 0.6 is 15.9 Å². The summed E-state index contributed by atoms with van der Waals surface area (Å²) in [4.78, 5) is 38.4. The molecule has 6 heteroatoms. The van der Waals surface area contributed by atoms with Gasteiger partial charge < -0.3 is 5.32 Å². The number of amides is 3. The zero-order chi connectivity index (χ0) is 19.4. The summed E-state index contributed by atoms with van der Waals surface area (Å²) in [7, 11) is 0. The minimum absolute atomic E-state index is 0.173. The smallest absolute Gasteiger partial charge is 0.323 e. The van der Waals surface area contributed by atoms with E-state index in [0.717, 1.165) is 20.5 Å². The molecule has 1 unspecified atom stereocenters. The Morgan fingerprint density at radius 1 is 1.04 bits per heavy atom. The van der Waals surface area contributed by atoms with Crippen LogP contribution in [0, 0.1) is 0 Å². The van der Waals surface area contributed by atoms with E-state index in [1.54, 1.807) is 6.92 Å². The topological polar surface area (TPSA) is 66.5 Å². The van der Waals surface area contributed by atoms with Crippen molar-refractivity contribution in [3.63, 3.8) is 0 Å². The van der Waals surface area contributed by atoms with E-state index in [-0.39, 0.29) is 24.7 Å². The summed E-state index contributed by atoms with van der Waals surface area (Å²) in [5.41, 5.74) is 0.970. The number of carbonyl (C=O) groups excluding carboxylic acids is 3. The van der Waals surface area contributed by atoms with Crippen LogP contribution in [0.5, 0.6) is 0 Å². The van der Waals surface area contributed by atoms with Crippen LogP contribution in [0.15, 0.2) is 59.1 Å². The number of nitrogens with one attached hydrogen (secondary N) is 1. The van der Waals surface area contributed by atoms with Crippen LogP contribution in [-0.2, 0) is 22.4 Å². The molecule has 1 aliphatic rings. The molecule has 0 aromatic heterocycles. The van der Waals surface area contributed by atoms with E-state index < -0.39 is 11.6 Å². The SMILES string of the molecule is CC1(CCc2ccccc2)NC(=O)N(CC(=O)Cc2ccc(Br)cc2)C1=O. The van der Waals surface area contributed by atoms with Crippen molar-refractivity contribution in [3.8, 4) is 0 Å². The van der Waals surface area contributed by atoms with Gasteiger partial charge in [-0.25, -0.2) is 4.79 Å². The second kappa shape index (κ2) is 8.05. The second-order valence-electron chi connectivity index (χ2n) is 6.98. The lowest BCUT2D eigenvalue weighted by molar-refractivity contribution is -0.134. The van der Waals surface area contributed by atoms with Gasteiger partial charge in [0.2, 0.25) is 0 Å². The fourth-order valence-electron chi connectivity index (χ4n) is 3.16. The second-order valence-corrected chi connectivity index (χ2v) is 7.90. The molecule has 3 rings (SSSR count). The Bertz CT molecular complexity index is 851. The van der Waals surface area contributed by atoms with Crippen LogP contribution in [0.2, 0.25) is 0 Å². The Morgan fingerprint density at radius 2 is 1.70 bits per heavy atom. The number of Topliss-reactive ketones (excluding diaryl/α,β-unsaturated/α-hetero) is 1. The number of hydrogen-bond donors (Lipinski definition) is 1. The Balaban J connectivity index is 1.61. The van der Waals surface area contributed by atoms with Crippen molar-refractivity contribution in [1.29, 1.82) is 0 Å². The Labute approximate surface area is 166 Å². The maximum atomic E-state index is 12.8. The third-order valence-electron chi connectivity index (χ3n) is 4.75. The number of hydrogen-bond acceptors (Lipinski definition) is 3. The van der Waals surface area contributed by atoms with Crippen molar-refractivity contribution >= 4 is 33.7 Å². The van der Waals surface area contributed by atoms with E-state index >= 15 is 0 Å². The minimum atomic E-state index is -0.981. The van der Waals surface area contributed by atoms with Crippen LogP contribution in [0.25, 0.3) is 0 Å². The summed E-state index contributed by atoms with van der Waals surface area (Å²) in [6.45, 7) is 1.51. The average Bonchev–Trinajstić information content (AvgIpc) is 2.86. The van der Waals surface area contributed by atoms with Crippen LogP contribution in [0.4, 0.5) is 4.79 Å². The molecule has 1 N–H and O–H groups in total. The van der Waals surface area contributed by atoms with Gasteiger partial charge in [-0.05, 0) is 43.0 Å². The number of ketones is 1. The van der Waals surface area contributed by atoms with Crippen molar-refractivity contribution in [1.82, 2.24) is 10.2 Å². The number of nitrogens with zero attached hydrogens (tertiary/aromatic N) is 1. The van der Waals surface area contributed by atoms with Crippen molar-refractivity contribution in [2.24, 2.45) is 0 Å². The maximum absolute atomic E-state index is 12.8. The van der Waals surface area contributed by atoms with Gasteiger partial charge in [-0.15, -0.1) is 0 Å². The van der Waals surface area contributed by atoms with Crippen molar-refractivity contribution in [3.05, 3.63) is 70.2 Å². The third kappa shape index (κ3) is 4.63. The molecule has 1 saturated heterocycles. The molecule has 0 spiro atoms. The zero-order valence-corrected chi connectivity index (χ0v) is 16.7. The highest BCUT2D eigenvalue weighted by Crippen LogP contribution is 2.23. The fourth-order valence-corrected chi connectivity index (χ4v) is 3.43. The fraction of sp³-hybridized carbons (Fsp3) is 0.286. The van der Waals surface area contributed by atoms with Crippen LogP contribution in [-0.4, -0.2) is 34.7 Å². The number of rotatable bonds is 7. The van der Waals surface area contributed by atoms with E-state index in [4.69, 9.17) is 0 Å². The van der Waals surface area contributed by atoms with Gasteiger partial charge in [0, 0.05) is 10.9 Å². The van der Waals surface area contributed by atoms with Gasteiger partial charge in [0.25, 0.3) is 5.91 Å². The van der Waals surface area contributed by atoms with E-state index in [9.17, 15) is 14.4 Å². The van der Waals surface area contributed by atoms with Crippen molar-refractivity contribution in [2.45, 2.75) is 31.7 Å². The van der Waals surface area contributed by atoms with Crippen LogP contribution in [0.1, 0.15) is 24.5 Å². The van der Waals surface area contributed by atoms with Gasteiger partial charge in [-0.3, -0.25) is 14.5 Å². The Morgan fingerprint density at radius 3 is 2.37 bits per heavy atom. The first-order valence-corrected chi connectivity index (χ1v) is 9.61. The van der Waals surface area contributed by atoms with Gasteiger partial charge in [-0.1, -0.05) is 58.4 Å². The van der Waals surface area contributed by atoms with Gasteiger partial charge in [-0.2, -0.15) is 0 Å². The summed E-state index contributed by atoms with van der Waals surface area (Å²) in [5, 5.41) is 2.76. The number of imide groups is 1. The largest absolute Gasteiger partial charge is 0.325 e. The number of aryl methyl sites for hydroxylation is 1. The molecular weight excluding hydrogens is 408 g/mol. The highest BCUT2D eigenvalue weighted by Gasteiger charge is 2.47. The predicted molar refractivity (Wildman–Crippen MR) is 106 cm³/mol. The van der Waals surface area contributed by atoms with E-state index in [1.165, 1.54) is 0 Å². The first kappa shape index (κ1) is 19.3. The van der Waals surface area contributed by atoms with Gasteiger partial charge >= 0.3 is 6.03 Å². The predicted octanol–water partition coefficient (Wildman–Crippen LogP) is 3.50. The molecule has 0 aliphatic carbocycles. The summed E-state index contributed by atoms with van der Waals surface area (Å²) in [6.07, 6.45) is 1.34. The van der Waals surface area contributed by atoms with E-state index in [2.05, 4.69) is 21.2 Å². The quantitative estimate of drug-likeness (QED) is 0.686. The first-order chi connectivity index (χ1) is 12.9. The highest BCUT2D eigenvalue weighted by molar-refractivity contribution is 9.10. The van der Waals surface area contributed by atoms with E-state index in [1.807, 2.05) is 54.6 Å². The molecule has 140 valence electrons. The molecule has 0 radical (unpaired) electrons. The molecule has 2 aromatic carbocycles. The lowest BCUT2D eigenvalue weighted by Crippen LogP contribution is -2.44. The number of benzene rings is 2. The molecule has 0 saturated carbocycles.